The van der Waals surface area contributed by atoms with E-state index in [1.165, 1.54) is 5.56 Å². The number of benzene rings is 2. The van der Waals surface area contributed by atoms with Crippen LogP contribution in [0.5, 0.6) is 17.2 Å². The van der Waals surface area contributed by atoms with Crippen LogP contribution in [-0.2, 0) is 11.2 Å². The highest BCUT2D eigenvalue weighted by molar-refractivity contribution is 5.94. The summed E-state index contributed by atoms with van der Waals surface area (Å²) in [4.78, 5) is 12.5. The van der Waals surface area contributed by atoms with Gasteiger partial charge in [0.2, 0.25) is 6.79 Å². The summed E-state index contributed by atoms with van der Waals surface area (Å²) in [6.45, 7) is 4.23. The summed E-state index contributed by atoms with van der Waals surface area (Å²) in [6, 6.07) is 13.1. The zero-order valence-electron chi connectivity index (χ0n) is 13.9. The number of rotatable bonds is 6. The molecule has 0 spiro atoms. The summed E-state index contributed by atoms with van der Waals surface area (Å²) >= 11 is 0. The molecule has 1 heterocycles. The molecule has 0 aliphatic carbocycles. The Bertz CT molecular complexity index is 712. The number of nitrogens with one attached hydrogen (secondary N) is 1. The van der Waals surface area contributed by atoms with Crippen LogP contribution < -0.4 is 19.5 Å². The minimum atomic E-state index is -0.553. The molecule has 0 fully saturated rings. The van der Waals surface area contributed by atoms with E-state index in [0.29, 0.717) is 29.4 Å². The zero-order chi connectivity index (χ0) is 16.9. The van der Waals surface area contributed by atoms with Crippen molar-refractivity contribution in [3.05, 3.63) is 48.0 Å². The molecule has 0 radical (unpaired) electrons. The van der Waals surface area contributed by atoms with Crippen LogP contribution in [0.4, 0.5) is 5.69 Å². The Labute approximate surface area is 141 Å². The van der Waals surface area contributed by atoms with Gasteiger partial charge in [-0.3, -0.25) is 4.79 Å². The fourth-order valence-electron chi connectivity index (χ4n) is 2.49. The second-order valence-corrected chi connectivity index (χ2v) is 5.57. The number of hydrogen-bond donors (Lipinski definition) is 1. The molecule has 1 aliphatic heterocycles. The van der Waals surface area contributed by atoms with Gasteiger partial charge in [-0.05, 0) is 42.7 Å². The van der Waals surface area contributed by atoms with Crippen LogP contribution >= 0.6 is 0 Å². The molecule has 0 saturated carbocycles. The number of ether oxygens (including phenoxy) is 3. The zero-order valence-corrected chi connectivity index (χ0v) is 13.9. The molecule has 2 aromatic rings. The first-order chi connectivity index (χ1) is 11.7. The van der Waals surface area contributed by atoms with Gasteiger partial charge in [-0.15, -0.1) is 0 Å². The maximum absolute atomic E-state index is 12.5. The second-order valence-electron chi connectivity index (χ2n) is 5.57. The van der Waals surface area contributed by atoms with E-state index >= 15 is 0 Å². The van der Waals surface area contributed by atoms with Gasteiger partial charge in [0.25, 0.3) is 5.91 Å². The fraction of sp³-hybridized carbons (Fsp3) is 0.316. The lowest BCUT2D eigenvalue weighted by molar-refractivity contribution is -0.122. The van der Waals surface area contributed by atoms with Crippen molar-refractivity contribution < 1.29 is 19.0 Å². The van der Waals surface area contributed by atoms with Crippen molar-refractivity contribution in [2.24, 2.45) is 0 Å². The van der Waals surface area contributed by atoms with Crippen LogP contribution in [0.15, 0.2) is 42.5 Å². The molecule has 1 unspecified atom stereocenters. The molecule has 0 aromatic heterocycles. The molecule has 5 nitrogen and oxygen atoms in total. The van der Waals surface area contributed by atoms with Crippen molar-refractivity contribution >= 4 is 11.6 Å². The lowest BCUT2D eigenvalue weighted by Crippen LogP contribution is -2.32. The molecule has 0 saturated heterocycles. The quantitative estimate of drug-likeness (QED) is 0.877. The predicted octanol–water partition coefficient (Wildman–Crippen LogP) is 3.77. The molecule has 2 aromatic carbocycles. The first-order valence-corrected chi connectivity index (χ1v) is 8.15. The van der Waals surface area contributed by atoms with E-state index in [2.05, 4.69) is 12.2 Å². The number of fused-ring (bicyclic) bond motifs is 1. The molecule has 1 aliphatic rings. The van der Waals surface area contributed by atoms with E-state index < -0.39 is 6.10 Å². The van der Waals surface area contributed by atoms with Crippen molar-refractivity contribution in [1.82, 2.24) is 0 Å². The molecule has 5 heteroatoms. The molecule has 1 N–H and O–H groups in total. The fourth-order valence-corrected chi connectivity index (χ4v) is 2.49. The Balaban J connectivity index is 1.65. The maximum atomic E-state index is 12.5. The Morgan fingerprint density at radius 2 is 1.88 bits per heavy atom. The minimum absolute atomic E-state index is 0.184. The third-order valence-corrected chi connectivity index (χ3v) is 3.91. The molecule has 1 atom stereocenters. The van der Waals surface area contributed by atoms with Crippen LogP contribution in [0.1, 0.15) is 25.8 Å². The van der Waals surface area contributed by atoms with E-state index in [-0.39, 0.29) is 12.7 Å². The second kappa shape index (κ2) is 7.25. The molecule has 3 rings (SSSR count). The Morgan fingerprint density at radius 3 is 2.58 bits per heavy atom. The van der Waals surface area contributed by atoms with Crippen molar-refractivity contribution in [3.63, 3.8) is 0 Å². The van der Waals surface area contributed by atoms with E-state index in [1.807, 2.05) is 31.2 Å². The van der Waals surface area contributed by atoms with Gasteiger partial charge in [0.15, 0.2) is 17.6 Å². The first kappa shape index (κ1) is 16.2. The minimum Gasteiger partial charge on any atom is -0.481 e. The van der Waals surface area contributed by atoms with Crippen molar-refractivity contribution in [1.29, 1.82) is 0 Å². The van der Waals surface area contributed by atoms with Gasteiger partial charge in [0.05, 0.1) is 0 Å². The van der Waals surface area contributed by atoms with E-state index in [4.69, 9.17) is 14.2 Å². The molecular weight excluding hydrogens is 306 g/mol. The highest BCUT2D eigenvalue weighted by Crippen LogP contribution is 2.34. The number of carbonyl (C=O) groups is 1. The average molecular weight is 327 g/mol. The van der Waals surface area contributed by atoms with Crippen molar-refractivity contribution in [2.45, 2.75) is 32.8 Å². The number of amides is 1. The third kappa shape index (κ3) is 3.62. The summed E-state index contributed by atoms with van der Waals surface area (Å²) < 4.78 is 16.4. The standard InChI is InChI=1S/C19H21NO4/c1-3-13-5-8-15(9-6-13)24-16(4-2)19(21)20-14-7-10-17-18(11-14)23-12-22-17/h5-11,16H,3-4,12H2,1-2H3,(H,20,21). The van der Waals surface area contributed by atoms with E-state index in [9.17, 15) is 4.79 Å². The largest absolute Gasteiger partial charge is 0.481 e. The van der Waals surface area contributed by atoms with E-state index in [0.717, 1.165) is 6.42 Å². The number of carbonyl (C=O) groups excluding carboxylic acids is 1. The Hall–Kier alpha value is -2.69. The normalized spacial score (nSPS) is 13.4. The summed E-state index contributed by atoms with van der Waals surface area (Å²) in [5.41, 5.74) is 1.90. The van der Waals surface area contributed by atoms with Crippen LogP contribution in [-0.4, -0.2) is 18.8 Å². The highest BCUT2D eigenvalue weighted by atomic mass is 16.7. The first-order valence-electron chi connectivity index (χ1n) is 8.15. The number of aryl methyl sites for hydroxylation is 1. The predicted molar refractivity (Wildman–Crippen MR) is 91.7 cm³/mol. The smallest absolute Gasteiger partial charge is 0.265 e. The highest BCUT2D eigenvalue weighted by Gasteiger charge is 2.20. The summed E-state index contributed by atoms with van der Waals surface area (Å²) in [5.74, 6) is 1.83. The van der Waals surface area contributed by atoms with E-state index in [1.54, 1.807) is 18.2 Å². The Morgan fingerprint density at radius 1 is 1.12 bits per heavy atom. The summed E-state index contributed by atoms with van der Waals surface area (Å²) in [6.07, 6.45) is 0.997. The summed E-state index contributed by atoms with van der Waals surface area (Å²) in [7, 11) is 0. The lowest BCUT2D eigenvalue weighted by Gasteiger charge is -2.17. The topological polar surface area (TPSA) is 56.8 Å². The number of anilines is 1. The molecule has 1 amide bonds. The monoisotopic (exact) mass is 327 g/mol. The maximum Gasteiger partial charge on any atom is 0.265 e. The van der Waals surface area contributed by atoms with Crippen LogP contribution in [0.3, 0.4) is 0 Å². The third-order valence-electron chi connectivity index (χ3n) is 3.91. The molecule has 126 valence electrons. The van der Waals surface area contributed by atoms with Crippen molar-refractivity contribution in [3.8, 4) is 17.2 Å². The molecular formula is C19H21NO4. The lowest BCUT2D eigenvalue weighted by atomic mass is 10.1. The molecule has 24 heavy (non-hydrogen) atoms. The van der Waals surface area contributed by atoms with Crippen molar-refractivity contribution in [2.75, 3.05) is 12.1 Å². The van der Waals surface area contributed by atoms with Gasteiger partial charge in [-0.2, -0.15) is 0 Å². The van der Waals surface area contributed by atoms with Gasteiger partial charge < -0.3 is 19.5 Å². The van der Waals surface area contributed by atoms with Gasteiger partial charge >= 0.3 is 0 Å². The SMILES string of the molecule is CCc1ccc(OC(CC)C(=O)Nc2ccc3c(c2)OCO3)cc1. The Kier molecular flexibility index (Phi) is 4.89. The van der Waals surface area contributed by atoms with Crippen LogP contribution in [0.25, 0.3) is 0 Å². The van der Waals surface area contributed by atoms with Gasteiger partial charge in [0.1, 0.15) is 5.75 Å². The number of hydrogen-bond acceptors (Lipinski definition) is 4. The van der Waals surface area contributed by atoms with Crippen LogP contribution in [0, 0.1) is 0 Å². The molecule has 0 bridgehead atoms. The van der Waals surface area contributed by atoms with Gasteiger partial charge in [0, 0.05) is 11.8 Å². The van der Waals surface area contributed by atoms with Gasteiger partial charge in [-0.1, -0.05) is 26.0 Å². The summed E-state index contributed by atoms with van der Waals surface area (Å²) in [5, 5.41) is 2.87. The van der Waals surface area contributed by atoms with Crippen LogP contribution in [0.2, 0.25) is 0 Å². The average Bonchev–Trinajstić information content (AvgIpc) is 3.07. The van der Waals surface area contributed by atoms with Gasteiger partial charge in [-0.25, -0.2) is 0 Å².